The van der Waals surface area contributed by atoms with Crippen molar-refractivity contribution in [2.45, 2.75) is 25.7 Å². The average molecular weight is 375 g/mol. The smallest absolute Gasteiger partial charge is 0.337 e. The van der Waals surface area contributed by atoms with Crippen LogP contribution in [0.15, 0.2) is 12.1 Å². The van der Waals surface area contributed by atoms with Gasteiger partial charge in [0.25, 0.3) is 0 Å². The Labute approximate surface area is 124 Å². The lowest BCUT2D eigenvalue weighted by molar-refractivity contribution is 0.0697. The molecule has 1 N–H and O–H groups in total. The summed E-state index contributed by atoms with van der Waals surface area (Å²) >= 11 is 1.91. The van der Waals surface area contributed by atoms with Crippen molar-refractivity contribution in [2.75, 3.05) is 18.0 Å². The van der Waals surface area contributed by atoms with Crippen LogP contribution in [-0.4, -0.2) is 24.2 Å². The molecule has 3 nitrogen and oxygen atoms in total. The van der Waals surface area contributed by atoms with Crippen molar-refractivity contribution in [1.82, 2.24) is 0 Å². The summed E-state index contributed by atoms with van der Waals surface area (Å²) < 4.78 is 14.0. The Bertz CT molecular complexity index is 532. The Hall–Kier alpha value is -0.850. The normalized spacial score (nSPS) is 20.6. The van der Waals surface area contributed by atoms with Crippen LogP contribution in [-0.2, 0) is 0 Å². The van der Waals surface area contributed by atoms with E-state index in [0.717, 1.165) is 32.0 Å². The summed E-state index contributed by atoms with van der Waals surface area (Å²) in [5.74, 6) is -1.52. The number of carboxylic acid groups (broad SMARTS) is 1. The van der Waals surface area contributed by atoms with Crippen LogP contribution in [0.1, 0.15) is 36.0 Å². The number of carbonyl (C=O) groups is 1. The topological polar surface area (TPSA) is 40.5 Å². The molecule has 1 saturated carbocycles. The van der Waals surface area contributed by atoms with Gasteiger partial charge in [0.05, 0.1) is 14.8 Å². The molecule has 2 aliphatic rings. The fourth-order valence-corrected chi connectivity index (χ4v) is 3.32. The Morgan fingerprint density at radius 3 is 2.42 bits per heavy atom. The van der Waals surface area contributed by atoms with Crippen molar-refractivity contribution in [3.63, 3.8) is 0 Å². The molecule has 1 aromatic rings. The van der Waals surface area contributed by atoms with Crippen LogP contribution in [0.25, 0.3) is 0 Å². The molecule has 0 unspecified atom stereocenters. The zero-order valence-corrected chi connectivity index (χ0v) is 12.6. The van der Waals surface area contributed by atoms with Crippen molar-refractivity contribution in [3.8, 4) is 0 Å². The summed E-state index contributed by atoms with van der Waals surface area (Å²) in [6, 6.07) is 2.80. The van der Waals surface area contributed by atoms with Crippen LogP contribution in [0.5, 0.6) is 0 Å². The van der Waals surface area contributed by atoms with E-state index in [-0.39, 0.29) is 5.56 Å². The molecule has 1 aliphatic carbocycles. The van der Waals surface area contributed by atoms with Gasteiger partial charge in [-0.2, -0.15) is 0 Å². The predicted molar refractivity (Wildman–Crippen MR) is 79.2 cm³/mol. The van der Waals surface area contributed by atoms with Gasteiger partial charge in [-0.1, -0.05) is 0 Å². The van der Waals surface area contributed by atoms with E-state index < -0.39 is 11.8 Å². The van der Waals surface area contributed by atoms with E-state index in [1.54, 1.807) is 6.07 Å². The maximum atomic E-state index is 13.5. The van der Waals surface area contributed by atoms with Crippen molar-refractivity contribution in [3.05, 3.63) is 27.1 Å². The van der Waals surface area contributed by atoms with E-state index in [2.05, 4.69) is 4.90 Å². The third-order valence-electron chi connectivity index (χ3n) is 4.39. The summed E-state index contributed by atoms with van der Waals surface area (Å²) in [6.45, 7) is 1.75. The monoisotopic (exact) mass is 375 g/mol. The third-order valence-corrected chi connectivity index (χ3v) is 5.22. The Balaban J connectivity index is 1.90. The number of hydrogen-bond acceptors (Lipinski definition) is 2. The third kappa shape index (κ3) is 2.44. The summed E-state index contributed by atoms with van der Waals surface area (Å²) in [6.07, 6.45) is 4.88. The molecule has 0 atom stereocenters. The molecular formula is C14H15FINO2. The number of piperidine rings is 1. The minimum atomic E-state index is -1.06. The fraction of sp³-hybridized carbons (Fsp3) is 0.500. The largest absolute Gasteiger partial charge is 0.478 e. The highest BCUT2D eigenvalue weighted by atomic mass is 127. The van der Waals surface area contributed by atoms with Gasteiger partial charge in [-0.25, -0.2) is 9.18 Å². The molecule has 1 aliphatic heterocycles. The number of aromatic carboxylic acids is 1. The molecule has 0 aromatic heterocycles. The first-order chi connectivity index (χ1) is 9.01. The minimum Gasteiger partial charge on any atom is -0.478 e. The van der Waals surface area contributed by atoms with Crippen LogP contribution < -0.4 is 4.90 Å². The van der Waals surface area contributed by atoms with Crippen LogP contribution in [0.2, 0.25) is 0 Å². The highest BCUT2D eigenvalue weighted by Gasteiger charge is 2.44. The van der Waals surface area contributed by atoms with Gasteiger partial charge in [0.2, 0.25) is 0 Å². The first kappa shape index (κ1) is 13.1. The van der Waals surface area contributed by atoms with Crippen molar-refractivity contribution >= 4 is 34.2 Å². The van der Waals surface area contributed by atoms with Crippen LogP contribution in [0.4, 0.5) is 10.1 Å². The molecule has 1 spiro atoms. The molecule has 0 bridgehead atoms. The summed E-state index contributed by atoms with van der Waals surface area (Å²) in [4.78, 5) is 13.4. The molecule has 102 valence electrons. The number of carboxylic acids is 1. The summed E-state index contributed by atoms with van der Waals surface area (Å²) in [5.41, 5.74) is 1.28. The molecule has 1 aromatic carbocycles. The maximum absolute atomic E-state index is 13.5. The molecule has 19 heavy (non-hydrogen) atoms. The zero-order valence-electron chi connectivity index (χ0n) is 10.5. The number of nitrogens with zero attached hydrogens (tertiary/aromatic N) is 1. The number of halogens is 2. The SMILES string of the molecule is O=C(O)c1cc(F)c(I)cc1N1CCC2(CC1)CC2. The Morgan fingerprint density at radius 2 is 1.89 bits per heavy atom. The van der Waals surface area contributed by atoms with Gasteiger partial charge >= 0.3 is 5.97 Å². The van der Waals surface area contributed by atoms with Crippen molar-refractivity contribution in [1.29, 1.82) is 0 Å². The molecule has 3 rings (SSSR count). The quantitative estimate of drug-likeness (QED) is 0.805. The molecule has 0 radical (unpaired) electrons. The second-order valence-corrected chi connectivity index (χ2v) is 6.74. The predicted octanol–water partition coefficient (Wildman–Crippen LogP) is 3.51. The first-order valence-electron chi connectivity index (χ1n) is 6.48. The first-order valence-corrected chi connectivity index (χ1v) is 7.56. The van der Waals surface area contributed by atoms with E-state index in [9.17, 15) is 14.3 Å². The standard InChI is InChI=1S/C14H15FINO2/c15-10-7-9(13(18)19)12(8-11(10)16)17-5-3-14(1-2-14)4-6-17/h7-8H,1-6H2,(H,18,19). The Morgan fingerprint density at radius 1 is 1.26 bits per heavy atom. The van der Waals surface area contributed by atoms with Crippen molar-refractivity contribution < 1.29 is 14.3 Å². The van der Waals surface area contributed by atoms with E-state index in [1.807, 2.05) is 22.6 Å². The second kappa shape index (κ2) is 4.61. The Kier molecular flexibility index (Phi) is 3.19. The number of hydrogen-bond donors (Lipinski definition) is 1. The molecular weight excluding hydrogens is 360 g/mol. The molecule has 1 saturated heterocycles. The fourth-order valence-electron chi connectivity index (χ4n) is 2.87. The van der Waals surface area contributed by atoms with Crippen LogP contribution in [0.3, 0.4) is 0 Å². The average Bonchev–Trinajstić information content (AvgIpc) is 3.13. The lowest BCUT2D eigenvalue weighted by Crippen LogP contribution is -2.35. The lowest BCUT2D eigenvalue weighted by Gasteiger charge is -2.34. The number of rotatable bonds is 2. The number of benzene rings is 1. The van der Waals surface area contributed by atoms with Gasteiger partial charge in [0.15, 0.2) is 0 Å². The lowest BCUT2D eigenvalue weighted by atomic mass is 9.93. The molecule has 0 amide bonds. The van der Waals surface area contributed by atoms with Crippen LogP contribution >= 0.6 is 22.6 Å². The highest BCUT2D eigenvalue weighted by Crippen LogP contribution is 2.54. The van der Waals surface area contributed by atoms with Gasteiger partial charge in [0.1, 0.15) is 5.82 Å². The maximum Gasteiger partial charge on any atom is 0.337 e. The number of anilines is 1. The van der Waals surface area contributed by atoms with E-state index in [1.165, 1.54) is 12.8 Å². The van der Waals surface area contributed by atoms with E-state index in [4.69, 9.17) is 0 Å². The van der Waals surface area contributed by atoms with Gasteiger partial charge in [0, 0.05) is 13.1 Å². The van der Waals surface area contributed by atoms with Crippen LogP contribution in [0, 0.1) is 14.8 Å². The minimum absolute atomic E-state index is 0.0738. The van der Waals surface area contributed by atoms with Gasteiger partial charge in [-0.15, -0.1) is 0 Å². The molecule has 2 fully saturated rings. The summed E-state index contributed by atoms with van der Waals surface area (Å²) in [5, 5.41) is 9.23. The van der Waals surface area contributed by atoms with Gasteiger partial charge in [-0.05, 0) is 65.8 Å². The van der Waals surface area contributed by atoms with Gasteiger partial charge in [-0.3, -0.25) is 0 Å². The van der Waals surface area contributed by atoms with E-state index >= 15 is 0 Å². The molecule has 1 heterocycles. The van der Waals surface area contributed by atoms with Gasteiger partial charge < -0.3 is 10.0 Å². The highest BCUT2D eigenvalue weighted by molar-refractivity contribution is 14.1. The van der Waals surface area contributed by atoms with Crippen molar-refractivity contribution in [2.24, 2.45) is 5.41 Å². The second-order valence-electron chi connectivity index (χ2n) is 5.58. The molecule has 5 heteroatoms. The zero-order chi connectivity index (χ0) is 13.6. The van der Waals surface area contributed by atoms with E-state index in [0.29, 0.717) is 14.7 Å². The summed E-state index contributed by atoms with van der Waals surface area (Å²) in [7, 11) is 0.